The number of rotatable bonds is 1. The van der Waals surface area contributed by atoms with Crippen molar-refractivity contribution in [3.63, 3.8) is 0 Å². The Balaban J connectivity index is 2.03. The predicted molar refractivity (Wildman–Crippen MR) is 90.5 cm³/mol. The Morgan fingerprint density at radius 3 is 1.88 bits per heavy atom. The minimum atomic E-state index is -1.52. The van der Waals surface area contributed by atoms with Gasteiger partial charge in [-0.2, -0.15) is 4.39 Å². The van der Waals surface area contributed by atoms with Crippen LogP contribution in [0.3, 0.4) is 0 Å². The van der Waals surface area contributed by atoms with E-state index < -0.39 is 40.1 Å². The Morgan fingerprint density at radius 2 is 1.23 bits per heavy atom. The van der Waals surface area contributed by atoms with Crippen LogP contribution < -0.4 is 0 Å². The zero-order valence-electron chi connectivity index (χ0n) is 13.6. The van der Waals surface area contributed by atoms with Crippen LogP contribution in [-0.4, -0.2) is 5.11 Å². The van der Waals surface area contributed by atoms with Gasteiger partial charge in [0.25, 0.3) is 0 Å². The van der Waals surface area contributed by atoms with Gasteiger partial charge in [0, 0.05) is 16.7 Å². The molecule has 0 aromatic heterocycles. The van der Waals surface area contributed by atoms with E-state index >= 15 is 0 Å². The lowest BCUT2D eigenvalue weighted by Gasteiger charge is -2.08. The van der Waals surface area contributed by atoms with Crippen LogP contribution in [0.4, 0.5) is 17.6 Å². The summed E-state index contributed by atoms with van der Waals surface area (Å²) in [6.07, 6.45) is 0. The summed E-state index contributed by atoms with van der Waals surface area (Å²) in [7, 11) is 0. The SMILES string of the molecule is Cc1ccc(C#Cc2ccc(-c3ccc(O)c(F)c3F)c(F)c2F)cc1. The number of phenolic OH excluding ortho intramolecular Hbond substituents is 1. The number of aryl methyl sites for hydroxylation is 1. The smallest absolute Gasteiger partial charge is 0.200 e. The highest BCUT2D eigenvalue weighted by Gasteiger charge is 2.20. The molecule has 3 aromatic rings. The van der Waals surface area contributed by atoms with Crippen LogP contribution in [0.15, 0.2) is 48.5 Å². The van der Waals surface area contributed by atoms with Gasteiger partial charge < -0.3 is 5.11 Å². The van der Waals surface area contributed by atoms with Crippen molar-refractivity contribution in [2.24, 2.45) is 0 Å². The Morgan fingerprint density at radius 1 is 0.654 bits per heavy atom. The standard InChI is InChI=1S/C21H12F4O/c1-12-2-4-13(5-3-12)6-7-14-8-9-15(19(23)18(14)22)16-10-11-17(26)21(25)20(16)24/h2-5,8-11,26H,1H3. The van der Waals surface area contributed by atoms with Gasteiger partial charge in [-0.1, -0.05) is 29.5 Å². The quantitative estimate of drug-likeness (QED) is 0.462. The summed E-state index contributed by atoms with van der Waals surface area (Å²) in [5.74, 6) is -1.24. The van der Waals surface area contributed by atoms with Crippen LogP contribution in [0.2, 0.25) is 0 Å². The van der Waals surface area contributed by atoms with Crippen LogP contribution >= 0.6 is 0 Å². The third-order valence-electron chi connectivity index (χ3n) is 3.83. The van der Waals surface area contributed by atoms with Crippen LogP contribution in [0.5, 0.6) is 5.75 Å². The van der Waals surface area contributed by atoms with E-state index in [2.05, 4.69) is 11.8 Å². The molecule has 0 spiro atoms. The molecule has 130 valence electrons. The maximum absolute atomic E-state index is 14.3. The highest BCUT2D eigenvalue weighted by atomic mass is 19.2. The average molecular weight is 356 g/mol. The van der Waals surface area contributed by atoms with Crippen LogP contribution in [-0.2, 0) is 0 Å². The Labute approximate surface area is 147 Å². The Bertz CT molecular complexity index is 1040. The van der Waals surface area contributed by atoms with Gasteiger partial charge in [0.2, 0.25) is 5.82 Å². The summed E-state index contributed by atoms with van der Waals surface area (Å²) in [4.78, 5) is 0. The van der Waals surface area contributed by atoms with Crippen molar-refractivity contribution < 1.29 is 22.7 Å². The molecule has 0 amide bonds. The minimum absolute atomic E-state index is 0.202. The second-order valence-electron chi connectivity index (χ2n) is 5.66. The number of hydrogen-bond donors (Lipinski definition) is 1. The number of benzene rings is 3. The average Bonchev–Trinajstić information content (AvgIpc) is 2.63. The highest BCUT2D eigenvalue weighted by molar-refractivity contribution is 5.67. The minimum Gasteiger partial charge on any atom is -0.505 e. The van der Waals surface area contributed by atoms with Crippen molar-refractivity contribution in [2.75, 3.05) is 0 Å². The molecular weight excluding hydrogens is 344 g/mol. The lowest BCUT2D eigenvalue weighted by atomic mass is 10.0. The van der Waals surface area contributed by atoms with E-state index in [-0.39, 0.29) is 5.56 Å². The molecule has 0 fully saturated rings. The summed E-state index contributed by atoms with van der Waals surface area (Å²) in [6.45, 7) is 1.91. The first kappa shape index (κ1) is 17.6. The summed E-state index contributed by atoms with van der Waals surface area (Å²) >= 11 is 0. The topological polar surface area (TPSA) is 20.2 Å². The largest absolute Gasteiger partial charge is 0.505 e. The molecule has 26 heavy (non-hydrogen) atoms. The molecule has 0 aliphatic carbocycles. The second kappa shape index (κ2) is 6.93. The normalized spacial score (nSPS) is 10.3. The first-order chi connectivity index (χ1) is 12.4. The number of halogens is 4. The second-order valence-corrected chi connectivity index (χ2v) is 5.66. The molecule has 0 bridgehead atoms. The van der Waals surface area contributed by atoms with Gasteiger partial charge in [-0.25, -0.2) is 13.2 Å². The molecule has 3 aromatic carbocycles. The number of aromatic hydroxyl groups is 1. The van der Waals surface area contributed by atoms with Crippen LogP contribution in [0, 0.1) is 42.0 Å². The maximum Gasteiger partial charge on any atom is 0.200 e. The number of phenols is 1. The van der Waals surface area contributed by atoms with Crippen molar-refractivity contribution in [3.05, 3.63) is 88.5 Å². The van der Waals surface area contributed by atoms with E-state index in [1.54, 1.807) is 12.1 Å². The van der Waals surface area contributed by atoms with Gasteiger partial charge in [-0.05, 0) is 43.3 Å². The molecule has 0 saturated heterocycles. The highest BCUT2D eigenvalue weighted by Crippen LogP contribution is 2.32. The molecule has 0 radical (unpaired) electrons. The van der Waals surface area contributed by atoms with Crippen molar-refractivity contribution >= 4 is 0 Å². The first-order valence-electron chi connectivity index (χ1n) is 7.62. The van der Waals surface area contributed by atoms with Crippen molar-refractivity contribution in [1.82, 2.24) is 0 Å². The number of hydrogen-bond acceptors (Lipinski definition) is 1. The van der Waals surface area contributed by atoms with Gasteiger partial charge >= 0.3 is 0 Å². The Kier molecular flexibility index (Phi) is 4.68. The van der Waals surface area contributed by atoms with Crippen molar-refractivity contribution in [2.45, 2.75) is 6.92 Å². The summed E-state index contributed by atoms with van der Waals surface area (Å²) < 4.78 is 56.0. The lowest BCUT2D eigenvalue weighted by molar-refractivity contribution is 0.407. The molecule has 0 aliphatic rings. The fourth-order valence-corrected chi connectivity index (χ4v) is 2.38. The van der Waals surface area contributed by atoms with E-state index in [0.717, 1.165) is 23.8 Å². The van der Waals surface area contributed by atoms with E-state index in [1.807, 2.05) is 19.1 Å². The van der Waals surface area contributed by atoms with E-state index in [0.29, 0.717) is 5.56 Å². The van der Waals surface area contributed by atoms with Crippen LogP contribution in [0.25, 0.3) is 11.1 Å². The monoisotopic (exact) mass is 356 g/mol. The van der Waals surface area contributed by atoms with Gasteiger partial charge in [0.05, 0.1) is 5.56 Å². The fourth-order valence-electron chi connectivity index (χ4n) is 2.38. The van der Waals surface area contributed by atoms with E-state index in [4.69, 9.17) is 5.11 Å². The fraction of sp³-hybridized carbons (Fsp3) is 0.0476. The zero-order valence-corrected chi connectivity index (χ0v) is 13.6. The molecule has 1 nitrogen and oxygen atoms in total. The molecule has 0 atom stereocenters. The Hall–Kier alpha value is -3.26. The third kappa shape index (κ3) is 3.27. The molecule has 0 unspecified atom stereocenters. The van der Waals surface area contributed by atoms with Gasteiger partial charge in [0.15, 0.2) is 23.2 Å². The van der Waals surface area contributed by atoms with Gasteiger partial charge in [0.1, 0.15) is 0 Å². The summed E-state index contributed by atoms with van der Waals surface area (Å²) in [5.41, 5.74) is 0.521. The molecule has 5 heteroatoms. The van der Waals surface area contributed by atoms with Gasteiger partial charge in [-0.15, -0.1) is 0 Å². The molecule has 1 N–H and O–H groups in total. The molecular formula is C21H12F4O. The van der Waals surface area contributed by atoms with Crippen molar-refractivity contribution in [3.8, 4) is 28.7 Å². The lowest BCUT2D eigenvalue weighted by Crippen LogP contribution is -1.97. The third-order valence-corrected chi connectivity index (χ3v) is 3.83. The van der Waals surface area contributed by atoms with Crippen molar-refractivity contribution in [1.29, 1.82) is 0 Å². The summed E-state index contributed by atoms with van der Waals surface area (Å²) in [6, 6.07) is 11.3. The first-order valence-corrected chi connectivity index (χ1v) is 7.62. The van der Waals surface area contributed by atoms with E-state index in [9.17, 15) is 17.6 Å². The van der Waals surface area contributed by atoms with Crippen LogP contribution in [0.1, 0.15) is 16.7 Å². The summed E-state index contributed by atoms with van der Waals surface area (Å²) in [5, 5.41) is 9.13. The molecule has 0 heterocycles. The van der Waals surface area contributed by atoms with E-state index in [1.165, 1.54) is 6.07 Å². The maximum atomic E-state index is 14.3. The van der Waals surface area contributed by atoms with Gasteiger partial charge in [-0.3, -0.25) is 0 Å². The molecule has 0 saturated carbocycles. The predicted octanol–water partition coefficient (Wildman–Crippen LogP) is 5.32. The zero-order chi connectivity index (χ0) is 18.8. The molecule has 0 aliphatic heterocycles. The molecule has 3 rings (SSSR count).